The maximum absolute atomic E-state index is 13.7. The number of unbranched alkanes of at least 4 members (excludes halogenated alkanes) is 2. The highest BCUT2D eigenvalue weighted by atomic mass is 16.6. The minimum atomic E-state index is -0.998. The van der Waals surface area contributed by atoms with Crippen molar-refractivity contribution in [2.24, 2.45) is 23.3 Å². The Hall–Kier alpha value is -3.58. The van der Waals surface area contributed by atoms with Gasteiger partial charge >= 0.3 is 6.09 Å². The van der Waals surface area contributed by atoms with E-state index < -0.39 is 53.9 Å². The van der Waals surface area contributed by atoms with Crippen LogP contribution < -0.4 is 22.1 Å². The number of Topliss-reactive ketones (excluding diaryl/α,β-unsaturated/α-hetero) is 1. The van der Waals surface area contributed by atoms with Crippen LogP contribution in [0.4, 0.5) is 4.79 Å². The number of nitrogens with two attached hydrogens (primary N) is 2. The van der Waals surface area contributed by atoms with Crippen LogP contribution in [0.1, 0.15) is 59.8 Å². The van der Waals surface area contributed by atoms with E-state index in [1.807, 2.05) is 13.8 Å². The average molecular weight is 631 g/mol. The summed E-state index contributed by atoms with van der Waals surface area (Å²) in [5.41, 5.74) is 12.2. The SMILES string of the molecule is CO[C@H]1/C=C\C=C(/C)C(=O)NC2=CC(=O)C(NCCCCCN)=C(C[C@@H](C)C[C@H](OC)[C@H](O)[C@@H](C)/C=C(\C)[C@@H]1OC(N)=O)C2=O. The number of nitrogens with one attached hydrogen (secondary N) is 2. The highest BCUT2D eigenvalue weighted by molar-refractivity contribution is 6.23. The van der Waals surface area contributed by atoms with Crippen molar-refractivity contribution >= 4 is 23.6 Å². The number of methoxy groups -OCH3 is 2. The molecule has 2 amide bonds. The molecule has 1 aliphatic carbocycles. The molecule has 2 bridgehead atoms. The number of allylic oxidation sites excluding steroid dienone is 4. The highest BCUT2D eigenvalue weighted by Crippen LogP contribution is 2.29. The lowest BCUT2D eigenvalue weighted by atomic mass is 9.85. The summed E-state index contributed by atoms with van der Waals surface area (Å²) in [6.45, 7) is 8.08. The fourth-order valence-corrected chi connectivity index (χ4v) is 5.44. The number of carbonyl (C=O) groups excluding carboxylic acids is 4. The molecule has 45 heavy (non-hydrogen) atoms. The second kappa shape index (κ2) is 18.4. The van der Waals surface area contributed by atoms with Gasteiger partial charge in [0.25, 0.3) is 5.91 Å². The second-order valence-electron chi connectivity index (χ2n) is 11.7. The Balaban J connectivity index is 2.57. The molecule has 6 atom stereocenters. The lowest BCUT2D eigenvalue weighted by molar-refractivity contribution is -0.120. The first-order valence-corrected chi connectivity index (χ1v) is 15.4. The Labute approximate surface area is 266 Å². The summed E-state index contributed by atoms with van der Waals surface area (Å²) in [5.74, 6) is -2.06. The van der Waals surface area contributed by atoms with E-state index in [9.17, 15) is 24.3 Å². The van der Waals surface area contributed by atoms with Gasteiger partial charge in [-0.05, 0) is 57.6 Å². The van der Waals surface area contributed by atoms with Crippen molar-refractivity contribution in [2.45, 2.75) is 84.2 Å². The second-order valence-corrected chi connectivity index (χ2v) is 11.7. The molecule has 250 valence electrons. The van der Waals surface area contributed by atoms with Crippen molar-refractivity contribution in [3.8, 4) is 0 Å². The molecule has 0 radical (unpaired) electrons. The van der Waals surface area contributed by atoms with Gasteiger partial charge in [0.2, 0.25) is 11.6 Å². The summed E-state index contributed by atoms with van der Waals surface area (Å²) in [6.07, 6.45) is 6.38. The lowest BCUT2D eigenvalue weighted by Crippen LogP contribution is -2.38. The minimum absolute atomic E-state index is 0.114. The molecule has 0 fully saturated rings. The summed E-state index contributed by atoms with van der Waals surface area (Å²) >= 11 is 0. The molecule has 0 saturated heterocycles. The molecule has 0 aromatic rings. The van der Waals surface area contributed by atoms with Gasteiger partial charge < -0.3 is 41.4 Å². The Morgan fingerprint density at radius 1 is 1.11 bits per heavy atom. The Morgan fingerprint density at radius 3 is 2.44 bits per heavy atom. The van der Waals surface area contributed by atoms with Gasteiger partial charge in [0, 0.05) is 43.9 Å². The van der Waals surface area contributed by atoms with Gasteiger partial charge in [-0.2, -0.15) is 0 Å². The van der Waals surface area contributed by atoms with Gasteiger partial charge in [0.15, 0.2) is 6.10 Å². The van der Waals surface area contributed by atoms with Crippen LogP contribution in [-0.2, 0) is 28.6 Å². The lowest BCUT2D eigenvalue weighted by Gasteiger charge is -2.30. The molecule has 0 aromatic heterocycles. The molecular formula is C33H50N4O8. The quantitative estimate of drug-likeness (QED) is 0.144. The summed E-state index contributed by atoms with van der Waals surface area (Å²) in [4.78, 5) is 51.8. The molecule has 0 aromatic carbocycles. The summed E-state index contributed by atoms with van der Waals surface area (Å²) in [7, 11) is 2.93. The fraction of sp³-hybridized carbons (Fsp3) is 0.576. The molecule has 12 nitrogen and oxygen atoms in total. The number of aliphatic hydroxyl groups is 1. The zero-order valence-electron chi connectivity index (χ0n) is 27.3. The monoisotopic (exact) mass is 630 g/mol. The Kier molecular flexibility index (Phi) is 15.4. The maximum Gasteiger partial charge on any atom is 0.405 e. The molecular weight excluding hydrogens is 580 g/mol. The van der Waals surface area contributed by atoms with Crippen LogP contribution in [0.25, 0.3) is 0 Å². The average Bonchev–Trinajstić information content (AvgIpc) is 2.99. The first kappa shape index (κ1) is 37.6. The van der Waals surface area contributed by atoms with E-state index in [4.69, 9.17) is 25.7 Å². The number of amides is 2. The van der Waals surface area contributed by atoms with E-state index in [0.29, 0.717) is 25.1 Å². The number of ketones is 2. The van der Waals surface area contributed by atoms with Crippen LogP contribution in [0.3, 0.4) is 0 Å². The Morgan fingerprint density at radius 2 is 1.82 bits per heavy atom. The third-order valence-electron chi connectivity index (χ3n) is 7.98. The van der Waals surface area contributed by atoms with Crippen molar-refractivity contribution in [1.29, 1.82) is 0 Å². The largest absolute Gasteiger partial charge is 0.439 e. The number of ether oxygens (including phenoxy) is 3. The number of hydrogen-bond acceptors (Lipinski definition) is 10. The molecule has 0 unspecified atom stereocenters. The van der Waals surface area contributed by atoms with Gasteiger partial charge in [0.05, 0.1) is 23.6 Å². The van der Waals surface area contributed by atoms with Gasteiger partial charge in [0.1, 0.15) is 6.10 Å². The molecule has 0 spiro atoms. The predicted molar refractivity (Wildman–Crippen MR) is 170 cm³/mol. The minimum Gasteiger partial charge on any atom is -0.439 e. The standard InChI is InChI=1S/C33H50N4O8/c1-19-15-23-28(36-14-9-7-8-13-34)25(38)18-24(30(23)40)37-32(41)20(2)11-10-12-26(43-5)31(45-33(35)42)22(4)17-21(3)29(39)27(16-19)44-6/h10-12,17-19,21,26-27,29,31,36,39H,7-9,13-16,34H2,1-6H3,(H2,35,42)(H,37,41)/b12-10-,20-11+,22-17+/t19-,21+,26+,27+,29-,31+/m1/s1. The molecule has 0 saturated carbocycles. The van der Waals surface area contributed by atoms with E-state index in [1.54, 1.807) is 32.1 Å². The van der Waals surface area contributed by atoms with Crippen LogP contribution >= 0.6 is 0 Å². The number of carbonyl (C=O) groups is 4. The molecule has 1 aliphatic heterocycles. The van der Waals surface area contributed by atoms with Crippen LogP contribution in [0, 0.1) is 11.8 Å². The number of primary amides is 1. The maximum atomic E-state index is 13.7. The highest BCUT2D eigenvalue weighted by Gasteiger charge is 2.33. The van der Waals surface area contributed by atoms with Crippen molar-refractivity contribution in [3.05, 3.63) is 58.5 Å². The number of aliphatic hydroxyl groups excluding tert-OH is 1. The van der Waals surface area contributed by atoms with Crippen molar-refractivity contribution in [1.82, 2.24) is 10.6 Å². The third kappa shape index (κ3) is 11.1. The molecule has 2 rings (SSSR count). The van der Waals surface area contributed by atoms with E-state index in [1.165, 1.54) is 20.3 Å². The number of fused-ring (bicyclic) bond motifs is 2. The van der Waals surface area contributed by atoms with Crippen molar-refractivity contribution in [3.63, 3.8) is 0 Å². The van der Waals surface area contributed by atoms with Crippen LogP contribution in [0.5, 0.6) is 0 Å². The molecule has 2 aliphatic rings. The van der Waals surface area contributed by atoms with Gasteiger partial charge in [-0.15, -0.1) is 0 Å². The smallest absolute Gasteiger partial charge is 0.405 e. The zero-order chi connectivity index (χ0) is 33.7. The summed E-state index contributed by atoms with van der Waals surface area (Å²) in [5, 5.41) is 17.0. The Bertz CT molecular complexity index is 1230. The van der Waals surface area contributed by atoms with Gasteiger partial charge in [-0.1, -0.05) is 44.6 Å². The van der Waals surface area contributed by atoms with Crippen molar-refractivity contribution < 1.29 is 38.5 Å². The molecule has 1 heterocycles. The topological polar surface area (TPSA) is 192 Å². The van der Waals surface area contributed by atoms with Crippen molar-refractivity contribution in [2.75, 3.05) is 27.3 Å². The first-order chi connectivity index (χ1) is 21.3. The van der Waals surface area contributed by atoms with E-state index in [0.717, 1.165) is 25.3 Å². The van der Waals surface area contributed by atoms with Crippen LogP contribution in [-0.4, -0.2) is 80.4 Å². The number of hydrogen-bond donors (Lipinski definition) is 5. The fourth-order valence-electron chi connectivity index (χ4n) is 5.44. The third-order valence-corrected chi connectivity index (χ3v) is 7.98. The van der Waals surface area contributed by atoms with E-state index in [-0.39, 0.29) is 34.9 Å². The summed E-state index contributed by atoms with van der Waals surface area (Å²) < 4.78 is 16.6. The molecule has 7 N–H and O–H groups in total. The predicted octanol–water partition coefficient (Wildman–Crippen LogP) is 2.48. The molecule has 12 heteroatoms. The van der Waals surface area contributed by atoms with E-state index >= 15 is 0 Å². The summed E-state index contributed by atoms with van der Waals surface area (Å²) in [6, 6.07) is 0. The van der Waals surface area contributed by atoms with E-state index in [2.05, 4.69) is 10.6 Å². The zero-order valence-corrected chi connectivity index (χ0v) is 27.3. The van der Waals surface area contributed by atoms with Crippen LogP contribution in [0.15, 0.2) is 58.5 Å². The number of rotatable bonds is 9. The van der Waals surface area contributed by atoms with Crippen LogP contribution in [0.2, 0.25) is 0 Å². The van der Waals surface area contributed by atoms with Gasteiger partial charge in [-0.25, -0.2) is 4.79 Å². The normalized spacial score (nSPS) is 30.4. The van der Waals surface area contributed by atoms with Gasteiger partial charge in [-0.3, -0.25) is 14.4 Å². The first-order valence-electron chi connectivity index (χ1n) is 15.4.